The Balaban J connectivity index is 4.11. The van der Waals surface area contributed by atoms with Crippen molar-refractivity contribution < 1.29 is 9.90 Å². The van der Waals surface area contributed by atoms with Crippen LogP contribution in [0.25, 0.3) is 0 Å². The van der Waals surface area contributed by atoms with Gasteiger partial charge in [0.1, 0.15) is 5.54 Å². The van der Waals surface area contributed by atoms with Gasteiger partial charge in [0.2, 0.25) is 0 Å². The van der Waals surface area contributed by atoms with E-state index >= 15 is 0 Å². The zero-order chi connectivity index (χ0) is 15.1. The van der Waals surface area contributed by atoms with Crippen molar-refractivity contribution in [1.82, 2.24) is 10.2 Å². The van der Waals surface area contributed by atoms with Crippen molar-refractivity contribution in [2.45, 2.75) is 77.9 Å². The predicted molar refractivity (Wildman–Crippen MR) is 80.5 cm³/mol. The van der Waals surface area contributed by atoms with E-state index in [1.54, 1.807) is 6.92 Å². The average Bonchev–Trinajstić information content (AvgIpc) is 2.32. The number of nitrogens with one attached hydrogen (secondary N) is 1. The molecule has 0 aromatic carbocycles. The van der Waals surface area contributed by atoms with Gasteiger partial charge in [-0.3, -0.25) is 10.1 Å². The summed E-state index contributed by atoms with van der Waals surface area (Å²) in [4.78, 5) is 13.7. The van der Waals surface area contributed by atoms with Gasteiger partial charge in [-0.15, -0.1) is 0 Å². The number of rotatable bonds is 10. The molecule has 0 aromatic heterocycles. The van der Waals surface area contributed by atoms with Gasteiger partial charge < -0.3 is 10.0 Å². The Bertz CT molecular complexity index is 269. The summed E-state index contributed by atoms with van der Waals surface area (Å²) in [6.07, 6.45) is 3.81. The maximum atomic E-state index is 11.4. The fourth-order valence-electron chi connectivity index (χ4n) is 2.25. The smallest absolute Gasteiger partial charge is 0.323 e. The normalized spacial score (nSPS) is 16.6. The molecule has 0 fully saturated rings. The molecule has 0 aliphatic heterocycles. The Labute approximate surface area is 118 Å². The van der Waals surface area contributed by atoms with Crippen molar-refractivity contribution in [2.75, 3.05) is 13.6 Å². The molecule has 4 heteroatoms. The fourth-order valence-corrected chi connectivity index (χ4v) is 2.25. The lowest BCUT2D eigenvalue weighted by Gasteiger charge is -2.29. The summed E-state index contributed by atoms with van der Waals surface area (Å²) in [5.74, 6) is -0.753. The molecule has 2 N–H and O–H groups in total. The first-order chi connectivity index (χ1) is 8.73. The highest BCUT2D eigenvalue weighted by atomic mass is 16.4. The summed E-state index contributed by atoms with van der Waals surface area (Å²) in [6.45, 7) is 11.2. The second-order valence-corrected chi connectivity index (χ2v) is 6.13. The predicted octanol–water partition coefficient (Wildman–Crippen LogP) is 2.73. The lowest BCUT2D eigenvalue weighted by atomic mass is 9.94. The zero-order valence-electron chi connectivity index (χ0n) is 13.5. The van der Waals surface area contributed by atoms with Gasteiger partial charge in [0.05, 0.1) is 0 Å². The van der Waals surface area contributed by atoms with Crippen molar-refractivity contribution in [3.8, 4) is 0 Å². The van der Waals surface area contributed by atoms with E-state index in [4.69, 9.17) is 0 Å². The summed E-state index contributed by atoms with van der Waals surface area (Å²) < 4.78 is 0. The van der Waals surface area contributed by atoms with Crippen LogP contribution in [-0.2, 0) is 4.79 Å². The van der Waals surface area contributed by atoms with E-state index in [0.717, 1.165) is 25.8 Å². The third kappa shape index (κ3) is 6.92. The number of carbonyl (C=O) groups is 1. The first-order valence-corrected chi connectivity index (χ1v) is 7.44. The zero-order valence-corrected chi connectivity index (χ0v) is 13.5. The van der Waals surface area contributed by atoms with Gasteiger partial charge in [0.25, 0.3) is 0 Å². The molecule has 4 nitrogen and oxygen atoms in total. The minimum atomic E-state index is -0.802. The molecular formula is C15H32N2O2. The van der Waals surface area contributed by atoms with Crippen LogP contribution < -0.4 is 5.32 Å². The lowest BCUT2D eigenvalue weighted by molar-refractivity contribution is -0.144. The van der Waals surface area contributed by atoms with Crippen molar-refractivity contribution in [3.05, 3.63) is 0 Å². The number of hydrogen-bond acceptors (Lipinski definition) is 3. The Morgan fingerprint density at radius 2 is 1.89 bits per heavy atom. The van der Waals surface area contributed by atoms with Gasteiger partial charge in [-0.1, -0.05) is 6.92 Å². The molecular weight excluding hydrogens is 240 g/mol. The number of carboxylic acid groups (broad SMARTS) is 1. The molecule has 0 amide bonds. The quantitative estimate of drug-likeness (QED) is 0.600. The van der Waals surface area contributed by atoms with Crippen LogP contribution >= 0.6 is 0 Å². The minimum Gasteiger partial charge on any atom is -0.480 e. The molecule has 19 heavy (non-hydrogen) atoms. The maximum absolute atomic E-state index is 11.4. The van der Waals surface area contributed by atoms with Crippen molar-refractivity contribution >= 4 is 5.97 Å². The van der Waals surface area contributed by atoms with Gasteiger partial charge >= 0.3 is 5.97 Å². The molecule has 0 radical (unpaired) electrons. The van der Waals surface area contributed by atoms with Gasteiger partial charge in [0.15, 0.2) is 0 Å². The fraction of sp³-hybridized carbons (Fsp3) is 0.933. The van der Waals surface area contributed by atoms with Crippen LogP contribution in [0.4, 0.5) is 0 Å². The Kier molecular flexibility index (Phi) is 8.26. The third-order valence-corrected chi connectivity index (χ3v) is 3.86. The largest absolute Gasteiger partial charge is 0.480 e. The maximum Gasteiger partial charge on any atom is 0.323 e. The van der Waals surface area contributed by atoms with Crippen molar-refractivity contribution in [1.29, 1.82) is 0 Å². The second kappa shape index (κ2) is 8.54. The third-order valence-electron chi connectivity index (χ3n) is 3.86. The van der Waals surface area contributed by atoms with Crippen molar-refractivity contribution in [2.24, 2.45) is 0 Å². The molecule has 2 atom stereocenters. The van der Waals surface area contributed by atoms with E-state index < -0.39 is 11.5 Å². The average molecular weight is 272 g/mol. The molecule has 0 aliphatic carbocycles. The van der Waals surface area contributed by atoms with Crippen LogP contribution in [0.2, 0.25) is 0 Å². The van der Waals surface area contributed by atoms with Gasteiger partial charge in [-0.05, 0) is 67.0 Å². The highest BCUT2D eigenvalue weighted by Crippen LogP contribution is 2.16. The molecule has 0 saturated carbocycles. The molecule has 0 aromatic rings. The molecule has 0 spiro atoms. The highest BCUT2D eigenvalue weighted by molar-refractivity contribution is 5.78. The first-order valence-electron chi connectivity index (χ1n) is 7.44. The highest BCUT2D eigenvalue weighted by Gasteiger charge is 2.32. The summed E-state index contributed by atoms with van der Waals surface area (Å²) in [6, 6.07) is 0.781. The van der Waals surface area contributed by atoms with E-state index in [2.05, 4.69) is 31.1 Å². The SMILES string of the molecule is CCC(C)N(C)CCCCC(C)(NC(C)C)C(=O)O. The van der Waals surface area contributed by atoms with Gasteiger partial charge in [-0.2, -0.15) is 0 Å². The first kappa shape index (κ1) is 18.4. The number of aliphatic carboxylic acids is 1. The Morgan fingerprint density at radius 1 is 1.32 bits per heavy atom. The van der Waals surface area contributed by atoms with Crippen LogP contribution in [-0.4, -0.2) is 47.2 Å². The van der Waals surface area contributed by atoms with Crippen LogP contribution in [0.3, 0.4) is 0 Å². The minimum absolute atomic E-state index is 0.184. The standard InChI is InChI=1S/C15H32N2O2/c1-7-13(4)17(6)11-9-8-10-15(5,14(18)19)16-12(2)3/h12-13,16H,7-11H2,1-6H3,(H,18,19). The summed E-state index contributed by atoms with van der Waals surface area (Å²) in [5.41, 5.74) is -0.802. The molecule has 0 rings (SSSR count). The van der Waals surface area contributed by atoms with Gasteiger partial charge in [0, 0.05) is 12.1 Å². The number of nitrogens with zero attached hydrogens (tertiary/aromatic N) is 1. The Hall–Kier alpha value is -0.610. The molecule has 2 unspecified atom stereocenters. The van der Waals surface area contributed by atoms with E-state index in [-0.39, 0.29) is 6.04 Å². The molecule has 0 bridgehead atoms. The van der Waals surface area contributed by atoms with E-state index in [0.29, 0.717) is 12.5 Å². The van der Waals surface area contributed by atoms with E-state index in [1.165, 1.54) is 0 Å². The molecule has 0 aliphatic rings. The monoisotopic (exact) mass is 272 g/mol. The Morgan fingerprint density at radius 3 is 2.32 bits per heavy atom. The van der Waals surface area contributed by atoms with Crippen LogP contribution in [0.15, 0.2) is 0 Å². The molecule has 0 saturated heterocycles. The lowest BCUT2D eigenvalue weighted by Crippen LogP contribution is -2.52. The van der Waals surface area contributed by atoms with E-state index in [9.17, 15) is 9.90 Å². The molecule has 114 valence electrons. The summed E-state index contributed by atoms with van der Waals surface area (Å²) in [7, 11) is 2.14. The van der Waals surface area contributed by atoms with Crippen molar-refractivity contribution in [3.63, 3.8) is 0 Å². The van der Waals surface area contributed by atoms with Crippen LogP contribution in [0.5, 0.6) is 0 Å². The van der Waals surface area contributed by atoms with Gasteiger partial charge in [-0.25, -0.2) is 0 Å². The summed E-state index contributed by atoms with van der Waals surface area (Å²) >= 11 is 0. The number of carboxylic acids is 1. The second-order valence-electron chi connectivity index (χ2n) is 6.13. The van der Waals surface area contributed by atoms with E-state index in [1.807, 2.05) is 13.8 Å². The number of hydrogen-bond donors (Lipinski definition) is 2. The number of unbranched alkanes of at least 4 members (excludes halogenated alkanes) is 1. The van der Waals surface area contributed by atoms with Crippen LogP contribution in [0.1, 0.15) is 60.3 Å². The van der Waals surface area contributed by atoms with Crippen LogP contribution in [0, 0.1) is 0 Å². The topological polar surface area (TPSA) is 52.6 Å². The summed E-state index contributed by atoms with van der Waals surface area (Å²) in [5, 5.41) is 12.5. The molecule has 0 heterocycles.